The summed E-state index contributed by atoms with van der Waals surface area (Å²) in [4.78, 5) is 30.0. The van der Waals surface area contributed by atoms with E-state index in [4.69, 9.17) is 4.52 Å². The molecule has 0 aliphatic rings. The normalized spacial score (nSPS) is 10.6. The molecule has 2 aromatic heterocycles. The maximum atomic E-state index is 13.5. The highest BCUT2D eigenvalue weighted by molar-refractivity contribution is 5.78. The topological polar surface area (TPSA) is 101 Å². The Morgan fingerprint density at radius 1 is 1.28 bits per heavy atom. The summed E-state index contributed by atoms with van der Waals surface area (Å²) in [5.41, 5.74) is -0.0659. The van der Waals surface area contributed by atoms with E-state index in [0.717, 1.165) is 6.07 Å². The first kappa shape index (κ1) is 16.5. The molecule has 2 N–H and O–H groups in total. The first-order chi connectivity index (χ1) is 12.0. The average Bonchev–Trinajstić information content (AvgIpc) is 3.05. The molecular weight excluding hydrogens is 334 g/mol. The number of nitrogens with zero attached hydrogens (tertiary/aromatic N) is 2. The van der Waals surface area contributed by atoms with Gasteiger partial charge in [-0.25, -0.2) is 8.78 Å². The number of nitrogens with one attached hydrogen (secondary N) is 2. The Kier molecular flexibility index (Phi) is 4.64. The van der Waals surface area contributed by atoms with Gasteiger partial charge in [-0.05, 0) is 23.8 Å². The maximum absolute atomic E-state index is 13.5. The molecular formula is C16H12F2N4O3. The van der Waals surface area contributed by atoms with E-state index in [1.165, 1.54) is 18.3 Å². The van der Waals surface area contributed by atoms with Crippen molar-refractivity contribution in [1.29, 1.82) is 0 Å². The third kappa shape index (κ3) is 3.94. The predicted octanol–water partition coefficient (Wildman–Crippen LogP) is 1.56. The minimum absolute atomic E-state index is 0.0703. The molecule has 0 unspecified atom stereocenters. The van der Waals surface area contributed by atoms with Crippen LogP contribution in [0.25, 0.3) is 11.4 Å². The summed E-state index contributed by atoms with van der Waals surface area (Å²) in [6.45, 7) is -0.0839. The largest absolute Gasteiger partial charge is 0.347 e. The number of pyridine rings is 1. The highest BCUT2D eigenvalue weighted by Crippen LogP contribution is 2.11. The number of carbonyl (C=O) groups is 1. The Hall–Kier alpha value is -3.36. The Morgan fingerprint density at radius 3 is 2.88 bits per heavy atom. The maximum Gasteiger partial charge on any atom is 0.259 e. The van der Waals surface area contributed by atoms with Crippen LogP contribution in [0, 0.1) is 11.6 Å². The molecule has 0 spiro atoms. The summed E-state index contributed by atoms with van der Waals surface area (Å²) in [6, 6.07) is 6.14. The number of carbonyl (C=O) groups excluding carboxylic acids is 1. The molecule has 0 saturated heterocycles. The number of hydrogen-bond donors (Lipinski definition) is 2. The molecule has 1 aromatic carbocycles. The number of hydrogen-bond acceptors (Lipinski definition) is 5. The standard InChI is InChI=1S/C16H12F2N4O3/c17-10-4-3-9(12(18)7-10)6-13(23)20-8-14-21-15(22-25-14)11-2-1-5-19-16(11)24/h1-5,7H,6,8H2,(H,19,24)(H,20,23). The van der Waals surface area contributed by atoms with Gasteiger partial charge in [0.1, 0.15) is 11.6 Å². The van der Waals surface area contributed by atoms with Crippen LogP contribution < -0.4 is 10.9 Å². The Labute approximate surface area is 139 Å². The van der Waals surface area contributed by atoms with Crippen molar-refractivity contribution in [3.63, 3.8) is 0 Å². The van der Waals surface area contributed by atoms with E-state index >= 15 is 0 Å². The van der Waals surface area contributed by atoms with Crippen molar-refractivity contribution >= 4 is 5.91 Å². The molecule has 0 saturated carbocycles. The van der Waals surface area contributed by atoms with E-state index < -0.39 is 17.5 Å². The van der Waals surface area contributed by atoms with Crippen LogP contribution in [0.1, 0.15) is 11.5 Å². The summed E-state index contributed by atoms with van der Waals surface area (Å²) in [5.74, 6) is -1.82. The molecule has 25 heavy (non-hydrogen) atoms. The van der Waals surface area contributed by atoms with Crippen molar-refractivity contribution in [2.75, 3.05) is 0 Å². The minimum atomic E-state index is -0.793. The van der Waals surface area contributed by atoms with Gasteiger partial charge in [-0.3, -0.25) is 9.59 Å². The molecule has 2 heterocycles. The van der Waals surface area contributed by atoms with Gasteiger partial charge in [0.25, 0.3) is 5.56 Å². The van der Waals surface area contributed by atoms with Gasteiger partial charge in [0, 0.05) is 12.3 Å². The van der Waals surface area contributed by atoms with E-state index in [0.29, 0.717) is 6.07 Å². The van der Waals surface area contributed by atoms with Crippen molar-refractivity contribution in [2.24, 2.45) is 0 Å². The number of amides is 1. The summed E-state index contributed by atoms with van der Waals surface area (Å²) in [6.07, 6.45) is 1.22. The second-order valence-electron chi connectivity index (χ2n) is 5.11. The van der Waals surface area contributed by atoms with E-state index in [2.05, 4.69) is 20.4 Å². The Bertz CT molecular complexity index is 968. The number of rotatable bonds is 5. The van der Waals surface area contributed by atoms with E-state index in [1.807, 2.05) is 0 Å². The lowest BCUT2D eigenvalue weighted by Gasteiger charge is -2.04. The van der Waals surface area contributed by atoms with E-state index in [1.54, 1.807) is 6.07 Å². The summed E-state index contributed by atoms with van der Waals surface area (Å²) < 4.78 is 31.3. The van der Waals surface area contributed by atoms with E-state index in [9.17, 15) is 18.4 Å². The molecule has 0 aliphatic heterocycles. The zero-order chi connectivity index (χ0) is 17.8. The number of aromatic amines is 1. The van der Waals surface area contributed by atoms with Gasteiger partial charge in [0.2, 0.25) is 17.6 Å². The van der Waals surface area contributed by atoms with Gasteiger partial charge in [-0.1, -0.05) is 11.2 Å². The first-order valence-corrected chi connectivity index (χ1v) is 7.24. The van der Waals surface area contributed by atoms with Crippen LogP contribution in [0.15, 0.2) is 45.8 Å². The summed E-state index contributed by atoms with van der Waals surface area (Å²) >= 11 is 0. The van der Waals surface area contributed by atoms with E-state index in [-0.39, 0.29) is 41.4 Å². The molecule has 3 rings (SSSR count). The summed E-state index contributed by atoms with van der Waals surface area (Å²) in [7, 11) is 0. The van der Waals surface area contributed by atoms with Crippen molar-refractivity contribution in [1.82, 2.24) is 20.4 Å². The molecule has 0 aliphatic carbocycles. The fourth-order valence-corrected chi connectivity index (χ4v) is 2.11. The number of H-pyrrole nitrogens is 1. The van der Waals surface area contributed by atoms with Crippen LogP contribution in [0.3, 0.4) is 0 Å². The lowest BCUT2D eigenvalue weighted by molar-refractivity contribution is -0.120. The first-order valence-electron chi connectivity index (χ1n) is 7.24. The molecule has 7 nitrogen and oxygen atoms in total. The van der Waals surface area contributed by atoms with Crippen molar-refractivity contribution in [3.05, 3.63) is 70.0 Å². The lowest BCUT2D eigenvalue weighted by Crippen LogP contribution is -2.25. The number of benzene rings is 1. The Balaban J connectivity index is 1.61. The van der Waals surface area contributed by atoms with Crippen LogP contribution in [0.4, 0.5) is 8.78 Å². The highest BCUT2D eigenvalue weighted by atomic mass is 19.1. The quantitative estimate of drug-likeness (QED) is 0.730. The lowest BCUT2D eigenvalue weighted by atomic mass is 10.1. The van der Waals surface area contributed by atoms with Gasteiger partial charge < -0.3 is 14.8 Å². The van der Waals surface area contributed by atoms with Gasteiger partial charge in [-0.2, -0.15) is 4.98 Å². The second kappa shape index (κ2) is 7.04. The number of aromatic nitrogens is 3. The molecule has 0 atom stereocenters. The van der Waals surface area contributed by atoms with Crippen LogP contribution in [-0.2, 0) is 17.8 Å². The summed E-state index contributed by atoms with van der Waals surface area (Å²) in [5, 5.41) is 6.16. The Morgan fingerprint density at radius 2 is 2.12 bits per heavy atom. The minimum Gasteiger partial charge on any atom is -0.347 e. The zero-order valence-corrected chi connectivity index (χ0v) is 12.8. The molecule has 9 heteroatoms. The van der Waals surface area contributed by atoms with Gasteiger partial charge in [-0.15, -0.1) is 0 Å². The van der Waals surface area contributed by atoms with Crippen molar-refractivity contribution in [3.8, 4) is 11.4 Å². The van der Waals surface area contributed by atoms with Crippen LogP contribution in [-0.4, -0.2) is 21.0 Å². The molecule has 0 bridgehead atoms. The van der Waals surface area contributed by atoms with Crippen molar-refractivity contribution < 1.29 is 18.1 Å². The highest BCUT2D eigenvalue weighted by Gasteiger charge is 2.13. The second-order valence-corrected chi connectivity index (χ2v) is 5.11. The molecule has 3 aromatic rings. The van der Waals surface area contributed by atoms with Gasteiger partial charge >= 0.3 is 0 Å². The molecule has 128 valence electrons. The third-order valence-electron chi connectivity index (χ3n) is 3.33. The SMILES string of the molecule is O=C(Cc1ccc(F)cc1F)NCc1nc(-c2ccc[nH]c2=O)no1. The zero-order valence-electron chi connectivity index (χ0n) is 12.8. The average molecular weight is 346 g/mol. The fourth-order valence-electron chi connectivity index (χ4n) is 2.11. The van der Waals surface area contributed by atoms with Crippen LogP contribution >= 0.6 is 0 Å². The van der Waals surface area contributed by atoms with Gasteiger partial charge in [0.15, 0.2) is 0 Å². The van der Waals surface area contributed by atoms with Crippen molar-refractivity contribution in [2.45, 2.75) is 13.0 Å². The monoisotopic (exact) mass is 346 g/mol. The fraction of sp³-hybridized carbons (Fsp3) is 0.125. The number of halogens is 2. The molecule has 0 fully saturated rings. The smallest absolute Gasteiger partial charge is 0.259 e. The molecule has 1 amide bonds. The predicted molar refractivity (Wildman–Crippen MR) is 82.3 cm³/mol. The van der Waals surface area contributed by atoms with Crippen LogP contribution in [0.5, 0.6) is 0 Å². The van der Waals surface area contributed by atoms with Crippen LogP contribution in [0.2, 0.25) is 0 Å². The van der Waals surface area contributed by atoms with Gasteiger partial charge in [0.05, 0.1) is 18.5 Å². The molecule has 0 radical (unpaired) electrons. The third-order valence-corrected chi connectivity index (χ3v) is 3.33.